The number of carboxylic acids is 6. The molecule has 69 heavy (non-hydrogen) atoms. The van der Waals surface area contributed by atoms with Gasteiger partial charge in [0, 0.05) is 57.3 Å². The van der Waals surface area contributed by atoms with E-state index in [4.69, 9.17) is 20.4 Å². The highest BCUT2D eigenvalue weighted by Crippen LogP contribution is 2.13. The molecule has 10 N–H and O–H groups in total. The molecule has 24 heteroatoms. The highest BCUT2D eigenvalue weighted by molar-refractivity contribution is 5.88. The van der Waals surface area contributed by atoms with E-state index in [9.17, 15) is 67.7 Å². The van der Waals surface area contributed by atoms with Crippen molar-refractivity contribution in [3.05, 3.63) is 35.4 Å². The maximum absolute atomic E-state index is 13.3. The van der Waals surface area contributed by atoms with Gasteiger partial charge >= 0.3 is 35.8 Å². The molecule has 3 atom stereocenters. The van der Waals surface area contributed by atoms with E-state index in [1.807, 2.05) is 0 Å². The molecule has 24 nitrogen and oxygen atoms in total. The van der Waals surface area contributed by atoms with Gasteiger partial charge in [-0.15, -0.1) is 0 Å². The number of hydrogen-bond acceptors (Lipinski definition) is 14. The maximum Gasteiger partial charge on any atom is 0.320 e. The number of carbonyl (C=O) groups is 12. The van der Waals surface area contributed by atoms with E-state index in [0.29, 0.717) is 44.2 Å². The summed E-state index contributed by atoms with van der Waals surface area (Å²) >= 11 is 0. The van der Waals surface area contributed by atoms with Gasteiger partial charge < -0.3 is 51.9 Å². The van der Waals surface area contributed by atoms with Crippen LogP contribution in [0.15, 0.2) is 24.3 Å². The molecule has 384 valence electrons. The van der Waals surface area contributed by atoms with Crippen molar-refractivity contribution < 1.29 is 88.2 Å². The molecule has 1 rings (SSSR count). The number of benzene rings is 1. The topological polar surface area (TPSA) is 381 Å². The van der Waals surface area contributed by atoms with Crippen LogP contribution in [0.4, 0.5) is 0 Å². The molecule has 0 fully saturated rings. The van der Waals surface area contributed by atoms with Crippen LogP contribution < -0.4 is 21.3 Å². The summed E-state index contributed by atoms with van der Waals surface area (Å²) in [6.07, 6.45) is 4.12. The second kappa shape index (κ2) is 34.5. The van der Waals surface area contributed by atoms with Crippen LogP contribution in [0.25, 0.3) is 0 Å². The van der Waals surface area contributed by atoms with Crippen LogP contribution in [-0.2, 0) is 59.2 Å². The van der Waals surface area contributed by atoms with Gasteiger partial charge in [0.25, 0.3) is 0 Å². The average molecular weight is 979 g/mol. The predicted molar refractivity (Wildman–Crippen MR) is 242 cm³/mol. The smallest absolute Gasteiger partial charge is 0.320 e. The van der Waals surface area contributed by atoms with Gasteiger partial charge in [0.05, 0.1) is 26.2 Å². The first-order valence-electron chi connectivity index (χ1n) is 22.7. The molecule has 1 aromatic carbocycles. The van der Waals surface area contributed by atoms with E-state index in [1.165, 1.54) is 0 Å². The Morgan fingerprint density at radius 2 is 0.928 bits per heavy atom. The highest BCUT2D eigenvalue weighted by Gasteiger charge is 2.30. The lowest BCUT2D eigenvalue weighted by molar-refractivity contribution is -0.152. The first-order chi connectivity index (χ1) is 32.7. The van der Waals surface area contributed by atoms with Crippen molar-refractivity contribution >= 4 is 71.5 Å². The molecular weight excluding hydrogens is 913 g/mol. The van der Waals surface area contributed by atoms with E-state index in [0.717, 1.165) is 21.6 Å². The summed E-state index contributed by atoms with van der Waals surface area (Å²) in [5.74, 6) is -10.5. The van der Waals surface area contributed by atoms with Crippen molar-refractivity contribution in [3.8, 4) is 0 Å². The number of unbranched alkanes of at least 4 members (excludes halogenated alkanes) is 5. The average Bonchev–Trinajstić information content (AvgIpc) is 3.27. The summed E-state index contributed by atoms with van der Waals surface area (Å²) in [7, 11) is 0. The van der Waals surface area contributed by atoms with E-state index in [2.05, 4.69) is 21.3 Å². The Hall–Kier alpha value is -6.82. The Bertz CT molecular complexity index is 1860. The van der Waals surface area contributed by atoms with Crippen LogP contribution in [-0.4, -0.2) is 176 Å². The Balaban J connectivity index is 2.68. The van der Waals surface area contributed by atoms with Gasteiger partial charge in [0.1, 0.15) is 30.2 Å². The van der Waals surface area contributed by atoms with Crippen molar-refractivity contribution in [2.75, 3.05) is 45.8 Å². The minimum absolute atomic E-state index is 0.0126. The number of nitrogens with zero attached hydrogens (tertiary/aromatic N) is 2. The molecule has 0 aliphatic heterocycles. The van der Waals surface area contributed by atoms with Crippen LogP contribution in [0.2, 0.25) is 0 Å². The molecule has 1 aromatic rings. The van der Waals surface area contributed by atoms with Crippen LogP contribution >= 0.6 is 0 Å². The molecule has 4 amide bonds. The third-order valence-electron chi connectivity index (χ3n) is 10.6. The summed E-state index contributed by atoms with van der Waals surface area (Å²) in [4.78, 5) is 144. The second-order valence-corrected chi connectivity index (χ2v) is 16.3. The zero-order valence-corrected chi connectivity index (χ0v) is 38.6. The van der Waals surface area contributed by atoms with Crippen molar-refractivity contribution in [2.24, 2.45) is 0 Å². The molecule has 0 aliphatic rings. The Kier molecular flexibility index (Phi) is 30.1. The summed E-state index contributed by atoms with van der Waals surface area (Å²) in [5, 5.41) is 66.3. The minimum atomic E-state index is -1.43. The fourth-order valence-electron chi connectivity index (χ4n) is 7.06. The molecule has 0 spiro atoms. The number of aliphatic carboxylic acids is 6. The van der Waals surface area contributed by atoms with Gasteiger partial charge in [-0.2, -0.15) is 0 Å². The Labute approximate surface area is 398 Å². The number of carboxylic acid groups (broad SMARTS) is 6. The van der Waals surface area contributed by atoms with Crippen LogP contribution in [0.5, 0.6) is 0 Å². The lowest BCUT2D eigenvalue weighted by Gasteiger charge is -2.25. The zero-order valence-electron chi connectivity index (χ0n) is 38.6. The summed E-state index contributed by atoms with van der Waals surface area (Å²) in [6, 6.07) is 2.88. The molecule has 0 bridgehead atoms. The maximum atomic E-state index is 13.3. The van der Waals surface area contributed by atoms with Crippen molar-refractivity contribution in [1.82, 2.24) is 31.1 Å². The van der Waals surface area contributed by atoms with Gasteiger partial charge in [0.15, 0.2) is 0 Å². The SMILES string of the molecule is O=Cc1ccc(CCC(=O)CCC(=O)NCCCCCCC(=O)NC(CCC(=O)NCCCCC(C(=O)O)N(CC(=O)O)CC(=O)O)C(=O)NCCCCC(C(=O)O)N(CC(=O)O)CC(=O)O)cc1. The number of rotatable bonds is 41. The molecule has 0 heterocycles. The molecular formula is C45H66N6O18. The van der Waals surface area contributed by atoms with Gasteiger partial charge in [-0.05, 0) is 69.8 Å². The minimum Gasteiger partial charge on any atom is -0.480 e. The standard InChI is InChI=1S/C45H66N6O18/c52-29-31-14-12-30(13-15-31)16-17-32(53)18-20-36(54)46-22-6-2-1-3-11-38(56)49-33(43(65)48-24-8-5-10-35(45(68)69)51(27-41(61)62)28-42(63)64)19-21-37(55)47-23-7-4-9-34(44(66)67)50(25-39(57)58)26-40(59)60/h12-15,29,33-35H,1-11,16-28H2,(H,46,54)(H,47,55)(H,48,65)(H,49,56)(H,57,58)(H,59,60)(H,61,62)(H,63,64)(H,66,67)(H,68,69). The van der Waals surface area contributed by atoms with Gasteiger partial charge in [-0.1, -0.05) is 37.1 Å². The molecule has 0 saturated carbocycles. The number of ketones is 1. The lowest BCUT2D eigenvalue weighted by atomic mass is 10.0. The van der Waals surface area contributed by atoms with Crippen LogP contribution in [0.1, 0.15) is 119 Å². The monoisotopic (exact) mass is 978 g/mol. The fourth-order valence-corrected chi connectivity index (χ4v) is 7.06. The normalized spacial score (nSPS) is 12.3. The van der Waals surface area contributed by atoms with E-state index in [1.54, 1.807) is 24.3 Å². The van der Waals surface area contributed by atoms with Crippen LogP contribution in [0, 0.1) is 0 Å². The van der Waals surface area contributed by atoms with Crippen LogP contribution in [0.3, 0.4) is 0 Å². The first kappa shape index (κ1) is 60.2. The molecule has 0 saturated heterocycles. The fraction of sp³-hybridized carbons (Fsp3) is 0.600. The second-order valence-electron chi connectivity index (χ2n) is 16.3. The zero-order chi connectivity index (χ0) is 51.7. The van der Waals surface area contributed by atoms with Crippen molar-refractivity contribution in [3.63, 3.8) is 0 Å². The largest absolute Gasteiger partial charge is 0.480 e. The Morgan fingerprint density at radius 3 is 1.39 bits per heavy atom. The number of carbonyl (C=O) groups excluding carboxylic acids is 6. The third-order valence-corrected chi connectivity index (χ3v) is 10.6. The number of nitrogens with one attached hydrogen (secondary N) is 4. The van der Waals surface area contributed by atoms with Crippen molar-refractivity contribution in [1.29, 1.82) is 0 Å². The first-order valence-corrected chi connectivity index (χ1v) is 22.7. The third kappa shape index (κ3) is 28.9. The summed E-state index contributed by atoms with van der Waals surface area (Å²) < 4.78 is 0. The number of hydrogen-bond donors (Lipinski definition) is 10. The van der Waals surface area contributed by atoms with Gasteiger partial charge in [-0.3, -0.25) is 67.3 Å². The number of amides is 4. The summed E-state index contributed by atoms with van der Waals surface area (Å²) in [5.41, 5.74) is 1.45. The van der Waals surface area contributed by atoms with E-state index in [-0.39, 0.29) is 102 Å². The van der Waals surface area contributed by atoms with E-state index < -0.39 is 97.8 Å². The van der Waals surface area contributed by atoms with Crippen molar-refractivity contribution in [2.45, 2.75) is 127 Å². The van der Waals surface area contributed by atoms with Gasteiger partial charge in [-0.25, -0.2) is 0 Å². The predicted octanol–water partition coefficient (Wildman–Crippen LogP) is 0.535. The molecule has 3 unspecified atom stereocenters. The highest BCUT2D eigenvalue weighted by atomic mass is 16.4. The summed E-state index contributed by atoms with van der Waals surface area (Å²) in [6.45, 7) is -2.85. The molecule has 0 aromatic heterocycles. The number of Topliss-reactive ketones (excluding diaryl/α,β-unsaturated/α-hetero) is 1. The quantitative estimate of drug-likeness (QED) is 0.0316. The molecule has 0 radical (unpaired) electrons. The van der Waals surface area contributed by atoms with Gasteiger partial charge in [0.2, 0.25) is 23.6 Å². The van der Waals surface area contributed by atoms with E-state index >= 15 is 0 Å². The molecule has 0 aliphatic carbocycles. The number of aldehydes is 1. The lowest BCUT2D eigenvalue weighted by Crippen LogP contribution is -2.47. The number of aryl methyl sites for hydroxylation is 1. The Morgan fingerprint density at radius 1 is 0.478 bits per heavy atom.